The van der Waals surface area contributed by atoms with E-state index < -0.39 is 5.60 Å². The standard InChI is InChI=1S/C16H28ClNO3/c1-6-16(20-12-13(2)11-17)7-9-18(10-8-16)14(19)21-15(3,4)5/h11H,6-10,12H2,1-5H3. The zero-order valence-electron chi connectivity index (χ0n) is 13.9. The predicted octanol–water partition coefficient (Wildman–Crippen LogP) is 4.33. The number of ether oxygens (including phenoxy) is 2. The van der Waals surface area contributed by atoms with E-state index >= 15 is 0 Å². The minimum absolute atomic E-state index is 0.153. The van der Waals surface area contributed by atoms with Crippen LogP contribution in [0, 0.1) is 0 Å². The van der Waals surface area contributed by atoms with E-state index in [-0.39, 0.29) is 11.7 Å². The molecule has 122 valence electrons. The summed E-state index contributed by atoms with van der Waals surface area (Å²) in [7, 11) is 0. The van der Waals surface area contributed by atoms with Gasteiger partial charge in [0.1, 0.15) is 5.60 Å². The minimum atomic E-state index is -0.449. The Balaban J connectivity index is 2.53. The Bertz CT molecular complexity index is 379. The largest absolute Gasteiger partial charge is 0.444 e. The number of carbonyl (C=O) groups is 1. The van der Waals surface area contributed by atoms with Gasteiger partial charge >= 0.3 is 6.09 Å². The van der Waals surface area contributed by atoms with Gasteiger partial charge in [-0.05, 0) is 52.5 Å². The number of piperidine rings is 1. The maximum absolute atomic E-state index is 12.1. The Hall–Kier alpha value is -0.740. The quantitative estimate of drug-likeness (QED) is 0.775. The topological polar surface area (TPSA) is 38.8 Å². The second-order valence-electron chi connectivity index (χ2n) is 6.75. The number of hydrogen-bond acceptors (Lipinski definition) is 3. The molecule has 0 spiro atoms. The fourth-order valence-electron chi connectivity index (χ4n) is 2.32. The number of halogens is 1. The summed E-state index contributed by atoms with van der Waals surface area (Å²) in [6, 6.07) is 0. The van der Waals surface area contributed by atoms with Crippen LogP contribution in [0.3, 0.4) is 0 Å². The van der Waals surface area contributed by atoms with Crippen molar-refractivity contribution in [1.29, 1.82) is 0 Å². The summed E-state index contributed by atoms with van der Waals surface area (Å²) in [5, 5.41) is 0. The molecule has 0 radical (unpaired) electrons. The normalized spacial score (nSPS) is 19.5. The third-order valence-electron chi connectivity index (χ3n) is 3.76. The van der Waals surface area contributed by atoms with Crippen LogP contribution >= 0.6 is 11.6 Å². The molecule has 0 unspecified atom stereocenters. The lowest BCUT2D eigenvalue weighted by atomic mass is 9.88. The summed E-state index contributed by atoms with van der Waals surface area (Å²) in [5.41, 5.74) is 1.97. The van der Waals surface area contributed by atoms with Gasteiger partial charge in [-0.25, -0.2) is 4.79 Å². The number of amides is 1. The number of nitrogens with zero attached hydrogens (tertiary/aromatic N) is 1. The molecule has 5 heteroatoms. The van der Waals surface area contributed by atoms with Crippen molar-refractivity contribution in [3.05, 3.63) is 11.1 Å². The van der Waals surface area contributed by atoms with Gasteiger partial charge in [0.15, 0.2) is 0 Å². The zero-order valence-corrected chi connectivity index (χ0v) is 14.6. The van der Waals surface area contributed by atoms with E-state index in [2.05, 4.69) is 6.92 Å². The summed E-state index contributed by atoms with van der Waals surface area (Å²) in [6.45, 7) is 11.6. The predicted molar refractivity (Wildman–Crippen MR) is 85.6 cm³/mol. The van der Waals surface area contributed by atoms with E-state index in [9.17, 15) is 4.79 Å². The second-order valence-corrected chi connectivity index (χ2v) is 6.97. The average molecular weight is 318 g/mol. The monoisotopic (exact) mass is 317 g/mol. The van der Waals surface area contributed by atoms with E-state index in [4.69, 9.17) is 21.1 Å². The molecule has 0 aromatic heterocycles. The molecule has 1 heterocycles. The van der Waals surface area contributed by atoms with Gasteiger partial charge in [-0.15, -0.1) is 0 Å². The lowest BCUT2D eigenvalue weighted by Crippen LogP contribution is -2.49. The molecular formula is C16H28ClNO3. The van der Waals surface area contributed by atoms with Crippen LogP contribution in [0.1, 0.15) is 53.9 Å². The molecule has 1 aliphatic rings. The third-order valence-corrected chi connectivity index (χ3v) is 4.14. The third kappa shape index (κ3) is 5.87. The van der Waals surface area contributed by atoms with Gasteiger partial charge in [-0.1, -0.05) is 18.5 Å². The molecule has 4 nitrogen and oxygen atoms in total. The maximum atomic E-state index is 12.1. The fourth-order valence-corrected chi connectivity index (χ4v) is 2.38. The Morgan fingerprint density at radius 3 is 2.33 bits per heavy atom. The van der Waals surface area contributed by atoms with Gasteiger partial charge in [-0.2, -0.15) is 0 Å². The summed E-state index contributed by atoms with van der Waals surface area (Å²) < 4.78 is 11.5. The first-order valence-electron chi connectivity index (χ1n) is 7.59. The van der Waals surface area contributed by atoms with Gasteiger partial charge in [0.25, 0.3) is 0 Å². The Morgan fingerprint density at radius 1 is 1.33 bits per heavy atom. The first-order valence-corrected chi connectivity index (χ1v) is 8.03. The Morgan fingerprint density at radius 2 is 1.90 bits per heavy atom. The molecule has 1 amide bonds. The van der Waals surface area contributed by atoms with Crippen molar-refractivity contribution in [2.45, 2.75) is 65.1 Å². The van der Waals surface area contributed by atoms with E-state index in [1.165, 1.54) is 0 Å². The molecule has 1 saturated heterocycles. The number of carbonyl (C=O) groups excluding carboxylic acids is 1. The van der Waals surface area contributed by atoms with Gasteiger partial charge < -0.3 is 14.4 Å². The molecular weight excluding hydrogens is 290 g/mol. The highest BCUT2D eigenvalue weighted by molar-refractivity contribution is 6.25. The van der Waals surface area contributed by atoms with Crippen LogP contribution in [0.4, 0.5) is 4.79 Å². The number of likely N-dealkylation sites (tertiary alicyclic amines) is 1. The van der Waals surface area contributed by atoms with Crippen LogP contribution in [0.5, 0.6) is 0 Å². The van der Waals surface area contributed by atoms with E-state index in [1.54, 1.807) is 10.4 Å². The lowest BCUT2D eigenvalue weighted by molar-refractivity contribution is -0.0785. The second kappa shape index (κ2) is 7.50. The van der Waals surface area contributed by atoms with Gasteiger partial charge in [-0.3, -0.25) is 0 Å². The average Bonchev–Trinajstić information content (AvgIpc) is 2.43. The van der Waals surface area contributed by atoms with Gasteiger partial charge in [0.05, 0.1) is 12.2 Å². The number of hydrogen-bond donors (Lipinski definition) is 0. The molecule has 0 N–H and O–H groups in total. The molecule has 0 aromatic carbocycles. The first kappa shape index (κ1) is 18.3. The van der Waals surface area contributed by atoms with Crippen molar-refractivity contribution in [2.75, 3.05) is 19.7 Å². The maximum Gasteiger partial charge on any atom is 0.410 e. The molecule has 0 atom stereocenters. The highest BCUT2D eigenvalue weighted by Crippen LogP contribution is 2.31. The van der Waals surface area contributed by atoms with Crippen molar-refractivity contribution in [1.82, 2.24) is 4.90 Å². The van der Waals surface area contributed by atoms with Crippen molar-refractivity contribution in [2.24, 2.45) is 0 Å². The summed E-state index contributed by atoms with van der Waals surface area (Å²) in [6.07, 6.45) is 2.37. The van der Waals surface area contributed by atoms with Crippen LogP contribution in [0.15, 0.2) is 11.1 Å². The summed E-state index contributed by atoms with van der Waals surface area (Å²) in [4.78, 5) is 13.8. The van der Waals surface area contributed by atoms with E-state index in [0.29, 0.717) is 19.7 Å². The molecule has 0 saturated carbocycles. The van der Waals surface area contributed by atoms with Crippen LogP contribution in [0.2, 0.25) is 0 Å². The summed E-state index contributed by atoms with van der Waals surface area (Å²) in [5.74, 6) is 0. The van der Waals surface area contributed by atoms with Crippen molar-refractivity contribution in [3.8, 4) is 0 Å². The highest BCUT2D eigenvalue weighted by atomic mass is 35.5. The smallest absolute Gasteiger partial charge is 0.410 e. The van der Waals surface area contributed by atoms with Crippen molar-refractivity contribution >= 4 is 17.7 Å². The lowest BCUT2D eigenvalue weighted by Gasteiger charge is -2.41. The van der Waals surface area contributed by atoms with E-state index in [0.717, 1.165) is 24.8 Å². The number of rotatable bonds is 4. The minimum Gasteiger partial charge on any atom is -0.444 e. The van der Waals surface area contributed by atoms with Crippen LogP contribution in [-0.2, 0) is 9.47 Å². The van der Waals surface area contributed by atoms with Crippen molar-refractivity contribution in [3.63, 3.8) is 0 Å². The van der Waals surface area contributed by atoms with Crippen LogP contribution in [-0.4, -0.2) is 41.9 Å². The molecule has 0 aromatic rings. The molecule has 1 rings (SSSR count). The zero-order chi connectivity index (χ0) is 16.1. The Kier molecular flexibility index (Phi) is 6.54. The Labute approximate surface area is 133 Å². The van der Waals surface area contributed by atoms with Crippen molar-refractivity contribution < 1.29 is 14.3 Å². The van der Waals surface area contributed by atoms with Gasteiger partial charge in [0.2, 0.25) is 0 Å². The molecule has 21 heavy (non-hydrogen) atoms. The fraction of sp³-hybridized carbons (Fsp3) is 0.812. The molecule has 0 bridgehead atoms. The molecule has 1 aliphatic heterocycles. The van der Waals surface area contributed by atoms with Gasteiger partial charge in [0, 0.05) is 18.6 Å². The van der Waals surface area contributed by atoms with E-state index in [1.807, 2.05) is 27.7 Å². The first-order chi connectivity index (χ1) is 9.71. The van der Waals surface area contributed by atoms with Crippen LogP contribution < -0.4 is 0 Å². The summed E-state index contributed by atoms with van der Waals surface area (Å²) >= 11 is 5.67. The molecule has 1 fully saturated rings. The SMILES string of the molecule is CCC1(OCC(C)=CCl)CCN(C(=O)OC(C)(C)C)CC1. The molecule has 0 aliphatic carbocycles. The highest BCUT2D eigenvalue weighted by Gasteiger charge is 2.36. The van der Waals surface area contributed by atoms with Crippen LogP contribution in [0.25, 0.3) is 0 Å².